The van der Waals surface area contributed by atoms with Gasteiger partial charge in [-0.3, -0.25) is 14.5 Å². The molecule has 1 N–H and O–H groups in total. The summed E-state index contributed by atoms with van der Waals surface area (Å²) in [5.41, 5.74) is -0.650. The maximum atomic E-state index is 12.7. The number of aliphatic carboxylic acids is 1. The van der Waals surface area contributed by atoms with Crippen LogP contribution in [-0.2, 0) is 14.3 Å². The van der Waals surface area contributed by atoms with Crippen LogP contribution in [0.5, 0.6) is 0 Å². The number of ether oxygens (including phenoxy) is 1. The van der Waals surface area contributed by atoms with Crippen LogP contribution in [0, 0.1) is 5.92 Å². The largest absolute Gasteiger partial charge is 0.481 e. The van der Waals surface area contributed by atoms with Gasteiger partial charge in [0.15, 0.2) is 0 Å². The fourth-order valence-corrected chi connectivity index (χ4v) is 3.22. The quantitative estimate of drug-likeness (QED) is 0.853. The molecular formula is C16H26N2O5. The van der Waals surface area contributed by atoms with Crippen LogP contribution in [0.15, 0.2) is 0 Å². The van der Waals surface area contributed by atoms with Crippen molar-refractivity contribution in [1.82, 2.24) is 9.80 Å². The van der Waals surface area contributed by atoms with E-state index in [1.54, 1.807) is 25.7 Å². The summed E-state index contributed by atoms with van der Waals surface area (Å²) in [6.45, 7) is 6.99. The molecule has 2 aliphatic heterocycles. The van der Waals surface area contributed by atoms with E-state index >= 15 is 0 Å². The highest BCUT2D eigenvalue weighted by Gasteiger charge is 2.43. The van der Waals surface area contributed by atoms with E-state index in [4.69, 9.17) is 9.84 Å². The molecule has 7 heteroatoms. The minimum absolute atomic E-state index is 0.0386. The molecule has 2 saturated heterocycles. The van der Waals surface area contributed by atoms with Crippen molar-refractivity contribution in [3.05, 3.63) is 0 Å². The van der Waals surface area contributed by atoms with Gasteiger partial charge in [-0.05, 0) is 46.0 Å². The molecule has 2 amide bonds. The highest BCUT2D eigenvalue weighted by Crippen LogP contribution is 2.29. The van der Waals surface area contributed by atoms with Gasteiger partial charge < -0.3 is 14.7 Å². The second-order valence-corrected chi connectivity index (χ2v) is 7.38. The lowest BCUT2D eigenvalue weighted by atomic mass is 10.0. The standard InChI is InChI=1S/C16H26N2O5/c1-16(2,3)23-15(22)18-10-11(9-13(19)20)8-12(18)14(21)17-6-4-5-7-17/h11-12H,4-10H2,1-3H3,(H,19,20)/t11?,12-/m0/s1. The van der Waals surface area contributed by atoms with Gasteiger partial charge in [0.25, 0.3) is 0 Å². The molecule has 1 unspecified atom stereocenters. The predicted octanol–water partition coefficient (Wildman–Crippen LogP) is 1.71. The molecule has 2 heterocycles. The fourth-order valence-electron chi connectivity index (χ4n) is 3.22. The van der Waals surface area contributed by atoms with Crippen LogP contribution in [-0.4, -0.2) is 64.2 Å². The van der Waals surface area contributed by atoms with Crippen molar-refractivity contribution in [2.45, 2.75) is 58.1 Å². The predicted molar refractivity (Wildman–Crippen MR) is 82.9 cm³/mol. The third-order valence-corrected chi connectivity index (χ3v) is 4.18. The number of likely N-dealkylation sites (tertiary alicyclic amines) is 2. The van der Waals surface area contributed by atoms with Gasteiger partial charge >= 0.3 is 12.1 Å². The van der Waals surface area contributed by atoms with E-state index in [1.165, 1.54) is 4.90 Å². The fraction of sp³-hybridized carbons (Fsp3) is 0.812. The molecule has 0 aliphatic carbocycles. The molecule has 0 aromatic carbocycles. The van der Waals surface area contributed by atoms with Gasteiger partial charge in [0.05, 0.1) is 0 Å². The van der Waals surface area contributed by atoms with E-state index in [0.29, 0.717) is 19.5 Å². The summed E-state index contributed by atoms with van der Waals surface area (Å²) in [5, 5.41) is 8.99. The molecule has 0 aromatic rings. The summed E-state index contributed by atoms with van der Waals surface area (Å²) in [5.74, 6) is -1.20. The van der Waals surface area contributed by atoms with Crippen LogP contribution in [0.4, 0.5) is 4.79 Å². The van der Waals surface area contributed by atoms with Crippen LogP contribution >= 0.6 is 0 Å². The zero-order valence-corrected chi connectivity index (χ0v) is 14.1. The Morgan fingerprint density at radius 3 is 2.30 bits per heavy atom. The van der Waals surface area contributed by atoms with Crippen molar-refractivity contribution in [3.8, 4) is 0 Å². The zero-order chi connectivity index (χ0) is 17.2. The average molecular weight is 326 g/mol. The number of hydrogen-bond acceptors (Lipinski definition) is 4. The van der Waals surface area contributed by atoms with Gasteiger partial charge in [-0.15, -0.1) is 0 Å². The summed E-state index contributed by atoms with van der Waals surface area (Å²) in [6, 6.07) is -0.604. The van der Waals surface area contributed by atoms with Gasteiger partial charge in [0, 0.05) is 26.1 Å². The Hall–Kier alpha value is -1.79. The van der Waals surface area contributed by atoms with E-state index in [-0.39, 0.29) is 24.8 Å². The molecule has 2 rings (SSSR count). The number of amides is 2. The van der Waals surface area contributed by atoms with Gasteiger partial charge in [0.1, 0.15) is 11.6 Å². The zero-order valence-electron chi connectivity index (χ0n) is 14.1. The molecule has 0 bridgehead atoms. The van der Waals surface area contributed by atoms with Gasteiger partial charge in [0.2, 0.25) is 5.91 Å². The first-order valence-electron chi connectivity index (χ1n) is 8.17. The van der Waals surface area contributed by atoms with Crippen LogP contribution in [0.3, 0.4) is 0 Å². The SMILES string of the molecule is CC(C)(C)OC(=O)N1CC(CC(=O)O)C[C@H]1C(=O)N1CCCC1. The van der Waals surface area contributed by atoms with Crippen LogP contribution in [0.2, 0.25) is 0 Å². The van der Waals surface area contributed by atoms with Crippen molar-refractivity contribution in [2.24, 2.45) is 5.92 Å². The van der Waals surface area contributed by atoms with E-state index in [1.807, 2.05) is 0 Å². The Balaban J connectivity index is 2.11. The summed E-state index contributed by atoms with van der Waals surface area (Å²) in [6.07, 6.45) is 1.76. The van der Waals surface area contributed by atoms with E-state index in [0.717, 1.165) is 12.8 Å². The maximum absolute atomic E-state index is 12.7. The van der Waals surface area contributed by atoms with Crippen molar-refractivity contribution >= 4 is 18.0 Å². The maximum Gasteiger partial charge on any atom is 0.410 e. The van der Waals surface area contributed by atoms with Crippen molar-refractivity contribution in [2.75, 3.05) is 19.6 Å². The summed E-state index contributed by atoms with van der Waals surface area (Å²) in [4.78, 5) is 39.2. The molecule has 0 radical (unpaired) electrons. The van der Waals surface area contributed by atoms with Gasteiger partial charge in [-0.25, -0.2) is 4.79 Å². The first kappa shape index (κ1) is 17.6. The van der Waals surface area contributed by atoms with Crippen LogP contribution in [0.25, 0.3) is 0 Å². The number of carbonyl (C=O) groups is 3. The summed E-state index contributed by atoms with van der Waals surface area (Å²) in [7, 11) is 0. The van der Waals surface area contributed by atoms with E-state index in [2.05, 4.69) is 0 Å². The topological polar surface area (TPSA) is 87.1 Å². The lowest BCUT2D eigenvalue weighted by Gasteiger charge is -2.30. The third-order valence-electron chi connectivity index (χ3n) is 4.18. The first-order chi connectivity index (χ1) is 10.7. The van der Waals surface area contributed by atoms with Crippen molar-refractivity contribution in [1.29, 1.82) is 0 Å². The second-order valence-electron chi connectivity index (χ2n) is 7.38. The summed E-state index contributed by atoms with van der Waals surface area (Å²) >= 11 is 0. The smallest absolute Gasteiger partial charge is 0.410 e. The first-order valence-corrected chi connectivity index (χ1v) is 8.17. The number of carboxylic acid groups (broad SMARTS) is 1. The van der Waals surface area contributed by atoms with Crippen molar-refractivity contribution < 1.29 is 24.2 Å². The molecule has 7 nitrogen and oxygen atoms in total. The Morgan fingerprint density at radius 2 is 1.78 bits per heavy atom. The summed E-state index contributed by atoms with van der Waals surface area (Å²) < 4.78 is 5.39. The number of rotatable bonds is 3. The Morgan fingerprint density at radius 1 is 1.17 bits per heavy atom. The highest BCUT2D eigenvalue weighted by molar-refractivity contribution is 5.86. The number of carboxylic acids is 1. The van der Waals surface area contributed by atoms with E-state index < -0.39 is 23.7 Å². The van der Waals surface area contributed by atoms with Gasteiger partial charge in [-0.2, -0.15) is 0 Å². The monoisotopic (exact) mass is 326 g/mol. The molecule has 2 fully saturated rings. The van der Waals surface area contributed by atoms with Crippen LogP contribution < -0.4 is 0 Å². The van der Waals surface area contributed by atoms with Gasteiger partial charge in [-0.1, -0.05) is 0 Å². The highest BCUT2D eigenvalue weighted by atomic mass is 16.6. The second kappa shape index (κ2) is 6.76. The van der Waals surface area contributed by atoms with Crippen LogP contribution in [0.1, 0.15) is 46.5 Å². The minimum Gasteiger partial charge on any atom is -0.481 e. The third kappa shape index (κ3) is 4.59. The minimum atomic E-state index is -0.909. The molecular weight excluding hydrogens is 300 g/mol. The number of hydrogen-bond donors (Lipinski definition) is 1. The number of nitrogens with zero attached hydrogens (tertiary/aromatic N) is 2. The molecule has 0 saturated carbocycles. The van der Waals surface area contributed by atoms with Crippen molar-refractivity contribution in [3.63, 3.8) is 0 Å². The Kier molecular flexibility index (Phi) is 5.16. The average Bonchev–Trinajstić information content (AvgIpc) is 3.03. The molecule has 2 aliphatic rings. The lowest BCUT2D eigenvalue weighted by Crippen LogP contribution is -2.48. The normalized spacial score (nSPS) is 24.8. The Bertz CT molecular complexity index is 479. The molecule has 0 aromatic heterocycles. The Labute approximate surface area is 136 Å². The molecule has 130 valence electrons. The lowest BCUT2D eigenvalue weighted by molar-refractivity contribution is -0.138. The molecule has 23 heavy (non-hydrogen) atoms. The molecule has 2 atom stereocenters. The molecule has 0 spiro atoms. The number of carbonyl (C=O) groups excluding carboxylic acids is 2. The van der Waals surface area contributed by atoms with E-state index in [9.17, 15) is 14.4 Å².